The maximum Gasteiger partial charge on any atom is 0.123 e. The lowest BCUT2D eigenvalue weighted by molar-refractivity contribution is 0.439. The topological polar surface area (TPSA) is 12.0 Å². The van der Waals surface area contributed by atoms with Crippen LogP contribution in [0.2, 0.25) is 0 Å². The van der Waals surface area contributed by atoms with Gasteiger partial charge in [-0.15, -0.1) is 0 Å². The molecule has 1 aliphatic carbocycles. The van der Waals surface area contributed by atoms with Crippen LogP contribution in [0.3, 0.4) is 0 Å². The second-order valence-corrected chi connectivity index (χ2v) is 5.80. The Balaban J connectivity index is 2.04. The van der Waals surface area contributed by atoms with Gasteiger partial charge in [0.1, 0.15) is 5.82 Å². The molecule has 1 N–H and O–H groups in total. The third-order valence-corrected chi connectivity index (χ3v) is 4.04. The molecular formula is C14H20FNS. The summed E-state index contributed by atoms with van der Waals surface area (Å²) in [6, 6.07) is 7.85. The van der Waals surface area contributed by atoms with Crippen LogP contribution >= 0.6 is 11.8 Å². The van der Waals surface area contributed by atoms with Crippen LogP contribution in [0, 0.1) is 11.7 Å². The van der Waals surface area contributed by atoms with Crippen molar-refractivity contribution in [2.75, 3.05) is 12.0 Å². The molecule has 1 aromatic rings. The fraction of sp³-hybridized carbons (Fsp3) is 0.571. The van der Waals surface area contributed by atoms with Crippen molar-refractivity contribution in [3.8, 4) is 0 Å². The smallest absolute Gasteiger partial charge is 0.123 e. The molecule has 0 bridgehead atoms. The lowest BCUT2D eigenvalue weighted by Gasteiger charge is -2.23. The van der Waals surface area contributed by atoms with E-state index in [0.29, 0.717) is 12.1 Å². The standard InChI is InChI=1S/C14H20FNS/c1-10(9-17-2)16-14(11-3-4-11)12-5-7-13(15)8-6-12/h5-8,10-11,14,16H,3-4,9H2,1-2H3. The quantitative estimate of drug-likeness (QED) is 0.831. The van der Waals surface area contributed by atoms with Gasteiger partial charge in [-0.3, -0.25) is 0 Å². The molecule has 0 radical (unpaired) electrons. The highest BCUT2D eigenvalue weighted by Crippen LogP contribution is 2.41. The molecule has 1 aliphatic rings. The van der Waals surface area contributed by atoms with Gasteiger partial charge in [-0.2, -0.15) is 11.8 Å². The molecule has 1 fully saturated rings. The van der Waals surface area contributed by atoms with E-state index in [4.69, 9.17) is 0 Å². The van der Waals surface area contributed by atoms with Crippen LogP contribution in [-0.4, -0.2) is 18.1 Å². The molecule has 0 spiro atoms. The molecule has 2 atom stereocenters. The average Bonchev–Trinajstić information content (AvgIpc) is 3.12. The molecule has 1 nitrogen and oxygen atoms in total. The van der Waals surface area contributed by atoms with Crippen LogP contribution < -0.4 is 5.32 Å². The first-order valence-electron chi connectivity index (χ1n) is 6.21. The number of nitrogens with one attached hydrogen (secondary N) is 1. The number of benzene rings is 1. The summed E-state index contributed by atoms with van der Waals surface area (Å²) in [5.74, 6) is 1.70. The molecular weight excluding hydrogens is 233 g/mol. The summed E-state index contributed by atoms with van der Waals surface area (Å²) in [6.07, 6.45) is 4.71. The van der Waals surface area contributed by atoms with Crippen molar-refractivity contribution in [2.45, 2.75) is 31.8 Å². The van der Waals surface area contributed by atoms with Crippen molar-refractivity contribution in [3.63, 3.8) is 0 Å². The molecule has 3 heteroatoms. The molecule has 2 unspecified atom stereocenters. The lowest BCUT2D eigenvalue weighted by atomic mass is 10.0. The van der Waals surface area contributed by atoms with Crippen molar-refractivity contribution in [3.05, 3.63) is 35.6 Å². The Morgan fingerprint density at radius 1 is 1.35 bits per heavy atom. The summed E-state index contributed by atoms with van der Waals surface area (Å²) in [5.41, 5.74) is 1.22. The summed E-state index contributed by atoms with van der Waals surface area (Å²) in [6.45, 7) is 2.22. The Bertz CT molecular complexity index is 348. The van der Waals surface area contributed by atoms with Gasteiger partial charge in [0.05, 0.1) is 0 Å². The van der Waals surface area contributed by atoms with Crippen molar-refractivity contribution in [2.24, 2.45) is 5.92 Å². The van der Waals surface area contributed by atoms with E-state index >= 15 is 0 Å². The third kappa shape index (κ3) is 3.71. The number of hydrogen-bond acceptors (Lipinski definition) is 2. The molecule has 0 amide bonds. The highest BCUT2D eigenvalue weighted by Gasteiger charge is 2.32. The van der Waals surface area contributed by atoms with Gasteiger partial charge in [0.15, 0.2) is 0 Å². The Morgan fingerprint density at radius 3 is 2.53 bits per heavy atom. The van der Waals surface area contributed by atoms with E-state index in [1.54, 1.807) is 12.1 Å². The average molecular weight is 253 g/mol. The van der Waals surface area contributed by atoms with Gasteiger partial charge in [-0.1, -0.05) is 12.1 Å². The third-order valence-electron chi connectivity index (χ3n) is 3.20. The summed E-state index contributed by atoms with van der Waals surface area (Å²) in [5, 5.41) is 3.67. The highest BCUT2D eigenvalue weighted by atomic mass is 32.2. The molecule has 17 heavy (non-hydrogen) atoms. The fourth-order valence-corrected chi connectivity index (χ4v) is 2.81. The summed E-state index contributed by atoms with van der Waals surface area (Å²) < 4.78 is 12.9. The molecule has 94 valence electrons. The van der Waals surface area contributed by atoms with Gasteiger partial charge in [0.25, 0.3) is 0 Å². The Labute approximate surface area is 107 Å². The summed E-state index contributed by atoms with van der Waals surface area (Å²) in [7, 11) is 0. The first-order chi connectivity index (χ1) is 8.20. The number of hydrogen-bond donors (Lipinski definition) is 1. The Hall–Kier alpha value is -0.540. The van der Waals surface area contributed by atoms with E-state index in [2.05, 4.69) is 18.5 Å². The number of rotatable bonds is 6. The highest BCUT2D eigenvalue weighted by molar-refractivity contribution is 7.98. The second kappa shape index (κ2) is 5.87. The first kappa shape index (κ1) is 12.9. The Morgan fingerprint density at radius 2 is 2.00 bits per heavy atom. The maximum atomic E-state index is 12.9. The van der Waals surface area contributed by atoms with Gasteiger partial charge < -0.3 is 5.32 Å². The first-order valence-corrected chi connectivity index (χ1v) is 7.60. The SMILES string of the molecule is CSCC(C)NC(c1ccc(F)cc1)C1CC1. The predicted molar refractivity (Wildman–Crippen MR) is 72.8 cm³/mol. The van der Waals surface area contributed by atoms with Gasteiger partial charge in [0, 0.05) is 17.8 Å². The van der Waals surface area contributed by atoms with Crippen LogP contribution in [0.4, 0.5) is 4.39 Å². The fourth-order valence-electron chi connectivity index (χ4n) is 2.21. The van der Waals surface area contributed by atoms with Crippen LogP contribution in [-0.2, 0) is 0 Å². The van der Waals surface area contributed by atoms with E-state index in [1.165, 1.54) is 18.4 Å². The summed E-state index contributed by atoms with van der Waals surface area (Å²) >= 11 is 1.86. The van der Waals surface area contributed by atoms with Crippen molar-refractivity contribution >= 4 is 11.8 Å². The van der Waals surface area contributed by atoms with Gasteiger partial charge >= 0.3 is 0 Å². The van der Waals surface area contributed by atoms with E-state index in [1.807, 2.05) is 23.9 Å². The zero-order valence-corrected chi connectivity index (χ0v) is 11.3. The molecule has 0 aliphatic heterocycles. The largest absolute Gasteiger partial charge is 0.306 e. The maximum absolute atomic E-state index is 12.9. The molecule has 0 aromatic heterocycles. The van der Waals surface area contributed by atoms with E-state index < -0.39 is 0 Å². The van der Waals surface area contributed by atoms with E-state index in [-0.39, 0.29) is 5.82 Å². The molecule has 1 aromatic carbocycles. The minimum Gasteiger partial charge on any atom is -0.306 e. The predicted octanol–water partition coefficient (Wildman–Crippen LogP) is 3.62. The Kier molecular flexibility index (Phi) is 4.46. The molecule has 2 rings (SSSR count). The van der Waals surface area contributed by atoms with Gasteiger partial charge in [-0.25, -0.2) is 4.39 Å². The summed E-state index contributed by atoms with van der Waals surface area (Å²) in [4.78, 5) is 0. The molecule has 0 saturated heterocycles. The number of halogens is 1. The number of thioether (sulfide) groups is 1. The minimum absolute atomic E-state index is 0.152. The lowest BCUT2D eigenvalue weighted by Crippen LogP contribution is -2.33. The van der Waals surface area contributed by atoms with Crippen LogP contribution in [0.15, 0.2) is 24.3 Å². The molecule has 0 heterocycles. The normalized spacial score (nSPS) is 19.0. The second-order valence-electron chi connectivity index (χ2n) is 4.89. The monoisotopic (exact) mass is 253 g/mol. The van der Waals surface area contributed by atoms with Crippen LogP contribution in [0.25, 0.3) is 0 Å². The zero-order chi connectivity index (χ0) is 12.3. The minimum atomic E-state index is -0.152. The van der Waals surface area contributed by atoms with Gasteiger partial charge in [-0.05, 0) is 49.6 Å². The van der Waals surface area contributed by atoms with Gasteiger partial charge in [0.2, 0.25) is 0 Å². The zero-order valence-electron chi connectivity index (χ0n) is 10.4. The van der Waals surface area contributed by atoms with E-state index in [9.17, 15) is 4.39 Å². The van der Waals surface area contributed by atoms with Crippen molar-refractivity contribution < 1.29 is 4.39 Å². The van der Waals surface area contributed by atoms with Crippen LogP contribution in [0.5, 0.6) is 0 Å². The van der Waals surface area contributed by atoms with Crippen LogP contribution in [0.1, 0.15) is 31.4 Å². The molecule has 1 saturated carbocycles. The van der Waals surface area contributed by atoms with Crippen molar-refractivity contribution in [1.29, 1.82) is 0 Å². The van der Waals surface area contributed by atoms with Crippen molar-refractivity contribution in [1.82, 2.24) is 5.32 Å². The van der Waals surface area contributed by atoms with E-state index in [0.717, 1.165) is 11.7 Å².